The van der Waals surface area contributed by atoms with Gasteiger partial charge in [0.2, 0.25) is 0 Å². The number of hydrogen-bond acceptors (Lipinski definition) is 9. The summed E-state index contributed by atoms with van der Waals surface area (Å²) in [5, 5.41) is 0.185. The van der Waals surface area contributed by atoms with Crippen LogP contribution in [0.15, 0.2) is 48.8 Å². The maximum atomic E-state index is 9.31. The molecule has 13 heteroatoms. The molecule has 0 amide bonds. The van der Waals surface area contributed by atoms with Crippen molar-refractivity contribution in [2.75, 3.05) is 12.0 Å². The molecule has 6 N–H and O–H groups in total. The number of aryl methyl sites for hydroxylation is 3. The van der Waals surface area contributed by atoms with Crippen molar-refractivity contribution < 1.29 is 53.2 Å². The van der Waals surface area contributed by atoms with Gasteiger partial charge < -0.3 is 43.0 Å². The molecule has 1 heterocycles. The molecule has 0 spiro atoms. The van der Waals surface area contributed by atoms with Gasteiger partial charge in [0.15, 0.2) is 0 Å². The molecule has 0 aromatic heterocycles. The molecule has 33 heavy (non-hydrogen) atoms. The molecule has 0 saturated heterocycles. The van der Waals surface area contributed by atoms with Crippen LogP contribution in [-0.2, 0) is 31.0 Å². The molecule has 1 aliphatic rings. The van der Waals surface area contributed by atoms with Crippen LogP contribution in [0, 0.1) is 27.4 Å². The van der Waals surface area contributed by atoms with Gasteiger partial charge in [-0.25, -0.2) is 0 Å². The average Bonchev–Trinajstić information content (AvgIpc) is 3.16. The van der Waals surface area contributed by atoms with Crippen LogP contribution in [0.5, 0.6) is 0 Å². The van der Waals surface area contributed by atoms with Crippen LogP contribution in [0.2, 0.25) is 0 Å². The summed E-state index contributed by atoms with van der Waals surface area (Å²) in [6.45, 7) is 9.04. The zero-order chi connectivity index (χ0) is 25.4. The first kappa shape index (κ1) is 30.0. The van der Waals surface area contributed by atoms with E-state index >= 15 is 0 Å². The third-order valence-electron chi connectivity index (χ3n) is 4.57. The predicted molar refractivity (Wildman–Crippen MR) is 126 cm³/mol. The third-order valence-corrected chi connectivity index (χ3v) is 6.22. The summed E-state index contributed by atoms with van der Waals surface area (Å²) in [5.74, 6) is 0. The van der Waals surface area contributed by atoms with Crippen LogP contribution in [-0.4, -0.2) is 58.6 Å². The van der Waals surface area contributed by atoms with Gasteiger partial charge in [0.25, 0.3) is 0 Å². The Labute approximate surface area is 212 Å². The van der Waals surface area contributed by atoms with Crippen molar-refractivity contribution in [3.05, 3.63) is 77.7 Å². The Hall–Kier alpha value is -1.04. The first-order valence-corrected chi connectivity index (χ1v) is 15.1. The van der Waals surface area contributed by atoms with Gasteiger partial charge in [-0.3, -0.25) is 0 Å². The van der Waals surface area contributed by atoms with E-state index in [1.807, 2.05) is 19.1 Å². The number of nitrogens with zero attached hydrogens (tertiary/aromatic N) is 2. The summed E-state index contributed by atoms with van der Waals surface area (Å²) in [4.78, 5) is 55.7. The number of anilines is 1. The summed E-state index contributed by atoms with van der Waals surface area (Å²) in [5.41, 5.74) is 5.94. The van der Waals surface area contributed by atoms with Gasteiger partial charge in [-0.2, -0.15) is 6.67 Å². The van der Waals surface area contributed by atoms with Crippen molar-refractivity contribution in [2.45, 2.75) is 27.3 Å². The van der Waals surface area contributed by atoms with Gasteiger partial charge in [0.05, 0.1) is 0 Å². The molecule has 0 unspecified atom stereocenters. The second kappa shape index (κ2) is 13.2. The van der Waals surface area contributed by atoms with E-state index in [1.54, 1.807) is 24.3 Å². The first-order chi connectivity index (χ1) is 15.3. The number of rotatable bonds is 5. The van der Waals surface area contributed by atoms with Crippen LogP contribution in [0.1, 0.15) is 22.3 Å². The summed E-state index contributed by atoms with van der Waals surface area (Å²) in [6.07, 6.45) is 4.04. The Morgan fingerprint density at radius 1 is 0.909 bits per heavy atom. The SMILES string of the molecule is CO[Si](O)(O)O.Cc1cc(C)c(N2C=CN(Cc3ccc([Si](O)(O)O)cc3)[CH-]2)c(C)c1.[Cl][Ag]. The van der Waals surface area contributed by atoms with E-state index in [9.17, 15) is 14.4 Å². The Balaban J connectivity index is 0.000000593. The predicted octanol–water partition coefficient (Wildman–Crippen LogP) is 0.380. The average molecular weight is 609 g/mol. The van der Waals surface area contributed by atoms with E-state index in [2.05, 4.69) is 76.3 Å². The monoisotopic (exact) mass is 607 g/mol. The van der Waals surface area contributed by atoms with E-state index < -0.39 is 17.9 Å². The van der Waals surface area contributed by atoms with E-state index in [0.717, 1.165) is 12.7 Å². The molecule has 0 aliphatic carbocycles. The fourth-order valence-electron chi connectivity index (χ4n) is 3.24. The number of benzene rings is 2. The molecule has 3 rings (SSSR count). The van der Waals surface area contributed by atoms with Crippen LogP contribution in [0.4, 0.5) is 5.69 Å². The van der Waals surface area contributed by atoms with Gasteiger partial charge in [-0.05, 0) is 49.9 Å². The van der Waals surface area contributed by atoms with Gasteiger partial charge in [-0.15, -0.1) is 0 Å². The number of hydrogen-bond donors (Lipinski definition) is 6. The molecular formula is C20H29AgClN2O7Si2-. The van der Waals surface area contributed by atoms with Crippen LogP contribution in [0.3, 0.4) is 0 Å². The quantitative estimate of drug-likeness (QED) is 0.210. The summed E-state index contributed by atoms with van der Waals surface area (Å²) in [7, 11) is -2.88. The molecule has 0 fully saturated rings. The van der Waals surface area contributed by atoms with Crippen molar-refractivity contribution in [1.82, 2.24) is 4.90 Å². The molecular weight excluding hydrogens is 580 g/mol. The minimum absolute atomic E-state index is 0.185. The zero-order valence-corrected chi connectivity index (χ0v) is 22.8. The van der Waals surface area contributed by atoms with E-state index in [4.69, 9.17) is 14.4 Å². The molecule has 2 aromatic carbocycles. The van der Waals surface area contributed by atoms with Crippen molar-refractivity contribution in [1.29, 1.82) is 0 Å². The Bertz CT molecular complexity index is 899. The Morgan fingerprint density at radius 3 is 1.82 bits per heavy atom. The van der Waals surface area contributed by atoms with Gasteiger partial charge in [0, 0.05) is 24.5 Å². The normalized spacial score (nSPS) is 13.4. The molecule has 9 nitrogen and oxygen atoms in total. The molecule has 0 saturated carbocycles. The van der Waals surface area contributed by atoms with E-state index in [1.165, 1.54) is 22.4 Å². The van der Waals surface area contributed by atoms with Crippen LogP contribution in [0.25, 0.3) is 0 Å². The molecule has 0 atom stereocenters. The van der Waals surface area contributed by atoms with Crippen LogP contribution >= 0.6 is 9.19 Å². The summed E-state index contributed by atoms with van der Waals surface area (Å²) < 4.78 is 3.74. The van der Waals surface area contributed by atoms with E-state index in [0.29, 0.717) is 6.54 Å². The fraction of sp³-hybridized carbons (Fsp3) is 0.250. The molecule has 188 valence electrons. The van der Waals surface area contributed by atoms with Crippen molar-refractivity contribution in [3.63, 3.8) is 0 Å². The second-order valence-corrected chi connectivity index (χ2v) is 10.8. The van der Waals surface area contributed by atoms with Gasteiger partial charge in [0.1, 0.15) is 0 Å². The topological polar surface area (TPSA) is 137 Å². The minimum atomic E-state index is -4.22. The summed E-state index contributed by atoms with van der Waals surface area (Å²) >= 11 is 2.42. The Kier molecular flexibility index (Phi) is 12.0. The van der Waals surface area contributed by atoms with Crippen molar-refractivity contribution in [3.8, 4) is 0 Å². The van der Waals surface area contributed by atoms with Gasteiger partial charge >= 0.3 is 47.0 Å². The zero-order valence-electron chi connectivity index (χ0n) is 18.6. The first-order valence-electron chi connectivity index (χ1n) is 9.55. The summed E-state index contributed by atoms with van der Waals surface area (Å²) in [6, 6.07) is 11.1. The molecule has 0 radical (unpaired) electrons. The molecule has 1 aliphatic heterocycles. The van der Waals surface area contributed by atoms with Crippen molar-refractivity contribution >= 4 is 37.9 Å². The molecule has 0 bridgehead atoms. The second-order valence-electron chi connectivity index (χ2n) is 7.35. The van der Waals surface area contributed by atoms with Crippen LogP contribution < -0.4 is 10.1 Å². The molecule has 2 aromatic rings. The standard InChI is InChI=1S/C19H23N2O3Si.CH6O4Si.Ag.ClH/c1-14-10-15(2)19(16(3)11-14)21-9-8-20(13-21)12-17-4-6-18(7-5-17)25(22,23)24;1-5-6(2,3)4;;/h4-11,13,22-24H,12H2,1-3H3;2-4H,1H3;;1H/q-1;;+1;/p-1. The van der Waals surface area contributed by atoms with Gasteiger partial charge in [-0.1, -0.05) is 42.0 Å². The maximum absolute atomic E-state index is 9.31. The van der Waals surface area contributed by atoms with E-state index in [-0.39, 0.29) is 5.19 Å². The Morgan fingerprint density at radius 2 is 1.39 bits per heavy atom. The number of halogens is 1. The van der Waals surface area contributed by atoms with Crippen molar-refractivity contribution in [2.24, 2.45) is 0 Å². The fourth-order valence-corrected chi connectivity index (χ4v) is 3.86. The third kappa shape index (κ3) is 10.0.